The number of aliphatic hydroxyl groups is 3. The third kappa shape index (κ3) is 2.35. The van der Waals surface area contributed by atoms with Crippen LogP contribution >= 0.6 is 0 Å². The summed E-state index contributed by atoms with van der Waals surface area (Å²) in [5.74, 6) is -1.54. The highest BCUT2D eigenvalue weighted by Crippen LogP contribution is 2.74. The van der Waals surface area contributed by atoms with Gasteiger partial charge in [0.15, 0.2) is 17.2 Å². The standard InChI is InChI=1S/C28H36O8/c1-14-12-20(35-22(31)15(14)2)25(5,32)27(34)11-10-26(33)17-13-21-28(36-21)19(30)7-6-18(29)24(28,4)16(17)8-9-23(26,27)3/h6-7,16-17,20-21,32-34H,8-13H2,1-5H3/t16-,17+,20+,21+,23-,24-,25-,26+,27-,28+/m0/s1. The third-order valence-corrected chi connectivity index (χ3v) is 11.9. The van der Waals surface area contributed by atoms with Gasteiger partial charge in [-0.2, -0.15) is 0 Å². The molecular formula is C28H36O8. The molecule has 4 fully saturated rings. The van der Waals surface area contributed by atoms with Gasteiger partial charge in [-0.25, -0.2) is 4.79 Å². The van der Waals surface area contributed by atoms with E-state index >= 15 is 0 Å². The van der Waals surface area contributed by atoms with Crippen molar-refractivity contribution in [1.82, 2.24) is 0 Å². The number of hydrogen-bond acceptors (Lipinski definition) is 8. The number of rotatable bonds is 2. The van der Waals surface area contributed by atoms with Crippen LogP contribution in [0.4, 0.5) is 0 Å². The molecule has 1 saturated heterocycles. The van der Waals surface area contributed by atoms with Gasteiger partial charge in [0.1, 0.15) is 17.3 Å². The average molecular weight is 501 g/mol. The van der Waals surface area contributed by atoms with Crippen molar-refractivity contribution in [1.29, 1.82) is 0 Å². The first-order chi connectivity index (χ1) is 16.6. The molecule has 0 amide bonds. The first-order valence-electron chi connectivity index (χ1n) is 13.1. The van der Waals surface area contributed by atoms with Gasteiger partial charge in [-0.1, -0.05) is 12.5 Å². The Morgan fingerprint density at radius 1 is 1.00 bits per heavy atom. The number of carbonyl (C=O) groups is 3. The molecule has 0 aromatic carbocycles. The summed E-state index contributed by atoms with van der Waals surface area (Å²) in [4.78, 5) is 38.7. The van der Waals surface area contributed by atoms with Crippen molar-refractivity contribution in [3.8, 4) is 0 Å². The predicted octanol–water partition coefficient (Wildman–Crippen LogP) is 1.93. The molecule has 0 bridgehead atoms. The number of cyclic esters (lactones) is 1. The number of fused-ring (bicyclic) bond motifs is 4. The SMILES string of the molecule is CC1=C(C)C(=O)O[C@@H]([C@](C)(O)[C@]2(O)CC[C@@]3(O)[C@@H]4C[C@H]5O[C@]56C(=O)C=CC(=O)[C@]6(C)[C@H]4CC[C@]23C)C1. The van der Waals surface area contributed by atoms with E-state index in [-0.39, 0.29) is 30.3 Å². The zero-order chi connectivity index (χ0) is 26.3. The minimum Gasteiger partial charge on any atom is -0.455 e. The van der Waals surface area contributed by atoms with Gasteiger partial charge >= 0.3 is 5.97 Å². The lowest BCUT2D eigenvalue weighted by molar-refractivity contribution is -0.282. The van der Waals surface area contributed by atoms with Gasteiger partial charge in [-0.05, 0) is 83.8 Å². The Kier molecular flexibility index (Phi) is 4.59. The summed E-state index contributed by atoms with van der Waals surface area (Å²) < 4.78 is 11.6. The molecule has 0 radical (unpaired) electrons. The lowest BCUT2D eigenvalue weighted by Gasteiger charge is -2.63. The molecule has 8 nitrogen and oxygen atoms in total. The van der Waals surface area contributed by atoms with Crippen LogP contribution in [0.3, 0.4) is 0 Å². The summed E-state index contributed by atoms with van der Waals surface area (Å²) in [7, 11) is 0. The molecule has 8 heteroatoms. The fourth-order valence-electron chi connectivity index (χ4n) is 9.24. The quantitative estimate of drug-likeness (QED) is 0.387. The van der Waals surface area contributed by atoms with Crippen LogP contribution in [0.2, 0.25) is 0 Å². The maximum absolute atomic E-state index is 13.3. The average Bonchev–Trinajstić information content (AvgIpc) is 3.51. The predicted molar refractivity (Wildman–Crippen MR) is 126 cm³/mol. The Hall–Kier alpha value is -1.87. The van der Waals surface area contributed by atoms with Crippen molar-refractivity contribution in [2.75, 3.05) is 0 Å². The van der Waals surface area contributed by atoms with Crippen LogP contribution in [0, 0.1) is 22.7 Å². The second kappa shape index (κ2) is 6.76. The highest BCUT2D eigenvalue weighted by molar-refractivity contribution is 6.15. The van der Waals surface area contributed by atoms with Crippen molar-refractivity contribution in [3.63, 3.8) is 0 Å². The zero-order valence-corrected chi connectivity index (χ0v) is 21.6. The van der Waals surface area contributed by atoms with E-state index in [0.717, 1.165) is 5.57 Å². The van der Waals surface area contributed by atoms with Crippen molar-refractivity contribution < 1.29 is 39.2 Å². The largest absolute Gasteiger partial charge is 0.455 e. The van der Waals surface area contributed by atoms with E-state index in [1.807, 2.05) is 13.8 Å². The van der Waals surface area contributed by atoms with Crippen LogP contribution in [-0.4, -0.2) is 67.5 Å². The van der Waals surface area contributed by atoms with E-state index in [2.05, 4.69) is 0 Å². The highest BCUT2D eigenvalue weighted by atomic mass is 16.6. The van der Waals surface area contributed by atoms with Crippen molar-refractivity contribution in [3.05, 3.63) is 23.3 Å². The maximum Gasteiger partial charge on any atom is 0.334 e. The fourth-order valence-corrected chi connectivity index (χ4v) is 9.24. The molecule has 2 aliphatic heterocycles. The fraction of sp³-hybridized carbons (Fsp3) is 0.750. The van der Waals surface area contributed by atoms with E-state index in [1.54, 1.807) is 13.8 Å². The highest BCUT2D eigenvalue weighted by Gasteiger charge is 2.84. The van der Waals surface area contributed by atoms with Crippen LogP contribution in [0.1, 0.15) is 73.1 Å². The number of ketones is 2. The summed E-state index contributed by atoms with van der Waals surface area (Å²) >= 11 is 0. The monoisotopic (exact) mass is 500 g/mol. The molecule has 10 atom stereocenters. The normalized spacial score (nSPS) is 53.2. The lowest BCUT2D eigenvalue weighted by Crippen LogP contribution is -2.73. The Morgan fingerprint density at radius 2 is 1.67 bits per heavy atom. The smallest absolute Gasteiger partial charge is 0.334 e. The third-order valence-electron chi connectivity index (χ3n) is 11.9. The van der Waals surface area contributed by atoms with E-state index in [4.69, 9.17) is 9.47 Å². The summed E-state index contributed by atoms with van der Waals surface area (Å²) in [5, 5.41) is 36.7. The second-order valence-corrected chi connectivity index (χ2v) is 12.9. The molecule has 3 saturated carbocycles. The lowest BCUT2D eigenvalue weighted by atomic mass is 9.42. The van der Waals surface area contributed by atoms with Gasteiger partial charge in [0.25, 0.3) is 0 Å². The van der Waals surface area contributed by atoms with Crippen LogP contribution in [-0.2, 0) is 23.9 Å². The van der Waals surface area contributed by atoms with E-state index in [1.165, 1.54) is 19.1 Å². The van der Waals surface area contributed by atoms with Crippen LogP contribution < -0.4 is 0 Å². The number of ether oxygens (including phenoxy) is 2. The van der Waals surface area contributed by atoms with Gasteiger partial charge in [0.2, 0.25) is 0 Å². The van der Waals surface area contributed by atoms with E-state index in [9.17, 15) is 29.7 Å². The summed E-state index contributed by atoms with van der Waals surface area (Å²) in [6, 6.07) is 0. The molecule has 196 valence electrons. The van der Waals surface area contributed by atoms with Gasteiger partial charge in [-0.15, -0.1) is 0 Å². The summed E-state index contributed by atoms with van der Waals surface area (Å²) in [6.07, 6.45) is 3.13. The van der Waals surface area contributed by atoms with Crippen molar-refractivity contribution in [2.45, 2.75) is 108 Å². The number of esters is 1. The molecule has 0 aromatic rings. The maximum atomic E-state index is 13.3. The topological polar surface area (TPSA) is 134 Å². The van der Waals surface area contributed by atoms with Crippen LogP contribution in [0.15, 0.2) is 23.3 Å². The first-order valence-corrected chi connectivity index (χ1v) is 13.1. The molecule has 1 spiro atoms. The Morgan fingerprint density at radius 3 is 2.33 bits per heavy atom. The van der Waals surface area contributed by atoms with Crippen LogP contribution in [0.25, 0.3) is 0 Å². The molecule has 36 heavy (non-hydrogen) atoms. The van der Waals surface area contributed by atoms with Crippen molar-refractivity contribution >= 4 is 17.5 Å². The first kappa shape index (κ1) is 24.5. The number of hydrogen-bond donors (Lipinski definition) is 3. The minimum atomic E-state index is -1.82. The van der Waals surface area contributed by atoms with E-state index < -0.39 is 57.3 Å². The number of allylic oxidation sites excluding steroid dienone is 1. The molecule has 6 rings (SSSR count). The Bertz CT molecular complexity index is 1170. The van der Waals surface area contributed by atoms with Gasteiger partial charge in [-0.3, -0.25) is 9.59 Å². The molecule has 0 aromatic heterocycles. The van der Waals surface area contributed by atoms with Gasteiger partial charge < -0.3 is 24.8 Å². The van der Waals surface area contributed by atoms with Gasteiger partial charge in [0.05, 0.1) is 17.1 Å². The zero-order valence-electron chi connectivity index (χ0n) is 21.6. The minimum absolute atomic E-state index is 0.117. The van der Waals surface area contributed by atoms with Crippen LogP contribution in [0.5, 0.6) is 0 Å². The van der Waals surface area contributed by atoms with E-state index in [0.29, 0.717) is 31.3 Å². The second-order valence-electron chi connectivity index (χ2n) is 12.9. The molecule has 4 aliphatic carbocycles. The molecular weight excluding hydrogens is 464 g/mol. The summed E-state index contributed by atoms with van der Waals surface area (Å²) in [5.41, 5.74) is -7.03. The van der Waals surface area contributed by atoms with Gasteiger partial charge in [0, 0.05) is 17.4 Å². The molecule has 6 aliphatic rings. The Balaban J connectivity index is 1.39. The summed E-state index contributed by atoms with van der Waals surface area (Å²) in [6.45, 7) is 8.63. The molecule has 2 heterocycles. The number of epoxide rings is 1. The number of carbonyl (C=O) groups excluding carboxylic acids is 3. The molecule has 3 N–H and O–H groups in total. The van der Waals surface area contributed by atoms with Crippen molar-refractivity contribution in [2.24, 2.45) is 22.7 Å². The Labute approximate surface area is 210 Å². The molecule has 0 unspecified atom stereocenters.